The lowest BCUT2D eigenvalue weighted by Gasteiger charge is -2.42. The van der Waals surface area contributed by atoms with Crippen LogP contribution in [0.3, 0.4) is 0 Å². The SMILES string of the molecule is Cc1ccccc1[PH](=O)OCC(=O)[C@H](CC(=O)O)NC(=O)[C@H](CC(C)C)NC1(c2cccc3ccccc23)CCCCO1. The summed E-state index contributed by atoms with van der Waals surface area (Å²) in [6, 6.07) is 18.9. The maximum Gasteiger partial charge on any atom is 0.305 e. The van der Waals surface area contributed by atoms with Crippen molar-refractivity contribution in [2.45, 2.75) is 70.7 Å². The number of aryl methyl sites for hydroxylation is 1. The van der Waals surface area contributed by atoms with Crippen molar-refractivity contribution in [2.24, 2.45) is 5.92 Å². The number of carboxylic acids is 1. The van der Waals surface area contributed by atoms with E-state index in [0.717, 1.165) is 34.7 Å². The number of ketones is 1. The maximum atomic E-state index is 13.8. The zero-order chi connectivity index (χ0) is 31.0. The van der Waals surface area contributed by atoms with Gasteiger partial charge in [0.05, 0.1) is 12.5 Å². The fourth-order valence-electron chi connectivity index (χ4n) is 5.57. The largest absolute Gasteiger partial charge is 0.481 e. The summed E-state index contributed by atoms with van der Waals surface area (Å²) in [6.07, 6.45) is 2.23. The van der Waals surface area contributed by atoms with Crippen molar-refractivity contribution in [3.05, 3.63) is 77.9 Å². The molecule has 4 rings (SSSR count). The Hall–Kier alpha value is -3.36. The number of aliphatic carboxylic acids is 1. The summed E-state index contributed by atoms with van der Waals surface area (Å²) in [4.78, 5) is 38.6. The zero-order valence-corrected chi connectivity index (χ0v) is 25.9. The summed E-state index contributed by atoms with van der Waals surface area (Å²) < 4.78 is 24.6. The van der Waals surface area contributed by atoms with Crippen LogP contribution in [0.5, 0.6) is 0 Å². The van der Waals surface area contributed by atoms with Gasteiger partial charge in [-0.15, -0.1) is 0 Å². The molecule has 0 aliphatic carbocycles. The normalized spacial score (nSPS) is 19.1. The van der Waals surface area contributed by atoms with Crippen LogP contribution in [-0.2, 0) is 33.9 Å². The number of hydrogen-bond acceptors (Lipinski definition) is 7. The molecule has 9 nitrogen and oxygen atoms in total. The average Bonchev–Trinajstić information content (AvgIpc) is 2.99. The highest BCUT2D eigenvalue weighted by Crippen LogP contribution is 2.37. The molecule has 3 aromatic rings. The van der Waals surface area contributed by atoms with Crippen molar-refractivity contribution >= 4 is 41.8 Å². The van der Waals surface area contributed by atoms with Gasteiger partial charge in [-0.3, -0.25) is 24.3 Å². The molecule has 1 aliphatic heterocycles. The number of carboxylic acid groups (broad SMARTS) is 1. The minimum atomic E-state index is -2.75. The van der Waals surface area contributed by atoms with E-state index in [1.807, 2.05) is 62.4 Å². The van der Waals surface area contributed by atoms with Gasteiger partial charge < -0.3 is 19.7 Å². The number of carbonyl (C=O) groups is 3. The molecule has 3 N–H and O–H groups in total. The highest BCUT2D eigenvalue weighted by atomic mass is 31.1. The number of benzene rings is 3. The highest BCUT2D eigenvalue weighted by Gasteiger charge is 2.40. The number of Topliss-reactive ketones (excluding diaryl/α,β-unsaturated/α-hetero) is 1. The topological polar surface area (TPSA) is 131 Å². The number of nitrogens with one attached hydrogen (secondary N) is 2. The smallest absolute Gasteiger partial charge is 0.305 e. The monoisotopic (exact) mass is 608 g/mol. The molecule has 0 radical (unpaired) electrons. The second kappa shape index (κ2) is 14.9. The molecule has 230 valence electrons. The van der Waals surface area contributed by atoms with E-state index in [2.05, 4.69) is 10.6 Å². The van der Waals surface area contributed by atoms with Gasteiger partial charge in [0.25, 0.3) is 0 Å². The molecule has 3 aromatic carbocycles. The lowest BCUT2D eigenvalue weighted by molar-refractivity contribution is -0.142. The van der Waals surface area contributed by atoms with Gasteiger partial charge in [-0.25, -0.2) is 0 Å². The van der Waals surface area contributed by atoms with E-state index in [1.165, 1.54) is 0 Å². The summed E-state index contributed by atoms with van der Waals surface area (Å²) in [7, 11) is -2.75. The molecular weight excluding hydrogens is 567 g/mol. The van der Waals surface area contributed by atoms with E-state index in [4.69, 9.17) is 9.26 Å². The molecule has 1 amide bonds. The number of rotatable bonds is 14. The molecule has 10 heteroatoms. The van der Waals surface area contributed by atoms with Crippen molar-refractivity contribution in [3.63, 3.8) is 0 Å². The van der Waals surface area contributed by atoms with E-state index in [1.54, 1.807) is 25.1 Å². The van der Waals surface area contributed by atoms with E-state index < -0.39 is 56.5 Å². The van der Waals surface area contributed by atoms with Gasteiger partial charge in [-0.1, -0.05) is 74.5 Å². The summed E-state index contributed by atoms with van der Waals surface area (Å²) in [5.74, 6) is -2.31. The zero-order valence-electron chi connectivity index (χ0n) is 24.9. The Bertz CT molecular complexity index is 1460. The Morgan fingerprint density at radius 1 is 1.00 bits per heavy atom. The molecule has 1 aliphatic rings. The van der Waals surface area contributed by atoms with Crippen molar-refractivity contribution in [2.75, 3.05) is 13.2 Å². The van der Waals surface area contributed by atoms with Gasteiger partial charge in [0, 0.05) is 17.5 Å². The molecule has 1 heterocycles. The fourth-order valence-corrected chi connectivity index (χ4v) is 6.64. The molecule has 0 bridgehead atoms. The Balaban J connectivity index is 1.56. The van der Waals surface area contributed by atoms with Crippen molar-refractivity contribution < 1.29 is 33.3 Å². The summed E-state index contributed by atoms with van der Waals surface area (Å²) in [6.45, 7) is 5.70. The van der Waals surface area contributed by atoms with Crippen molar-refractivity contribution in [1.82, 2.24) is 10.6 Å². The highest BCUT2D eigenvalue weighted by molar-refractivity contribution is 7.48. The molecule has 2 unspecified atom stereocenters. The van der Waals surface area contributed by atoms with Crippen LogP contribution in [0.1, 0.15) is 57.1 Å². The van der Waals surface area contributed by atoms with Gasteiger partial charge >= 0.3 is 5.97 Å². The second-order valence-corrected chi connectivity index (χ2v) is 12.9. The molecule has 0 aromatic heterocycles. The minimum absolute atomic E-state index is 0.105. The van der Waals surface area contributed by atoms with Crippen molar-refractivity contribution in [1.29, 1.82) is 0 Å². The summed E-state index contributed by atoms with van der Waals surface area (Å²) in [5.41, 5.74) is 0.750. The lowest BCUT2D eigenvalue weighted by Crippen LogP contribution is -2.58. The van der Waals surface area contributed by atoms with Gasteiger partial charge in [-0.05, 0) is 60.9 Å². The number of amides is 1. The molecule has 43 heavy (non-hydrogen) atoms. The first kappa shape index (κ1) is 32.6. The van der Waals surface area contributed by atoms with Crippen LogP contribution in [0, 0.1) is 12.8 Å². The molecule has 1 saturated heterocycles. The van der Waals surface area contributed by atoms with E-state index in [9.17, 15) is 24.1 Å². The third kappa shape index (κ3) is 8.39. The standard InChI is InChI=1S/C33H41N2O7P/c1-22(2)19-28(35-33(17-8-9-18-41-33)26-15-10-13-24-12-5-6-14-25(24)26)32(39)34-27(20-31(37)38)29(36)21-42-43(40)30-16-7-4-11-23(30)3/h4-7,10-16,22,27-28,35,43H,8-9,17-21H2,1-3H3,(H,34,39)(H,37,38)/t27-,28-,33?/m0/s1. The van der Waals surface area contributed by atoms with E-state index in [0.29, 0.717) is 24.8 Å². The summed E-state index contributed by atoms with van der Waals surface area (Å²) >= 11 is 0. The molecule has 1 fully saturated rings. The van der Waals surface area contributed by atoms with E-state index >= 15 is 0 Å². The van der Waals surface area contributed by atoms with Gasteiger partial charge in [0.1, 0.15) is 18.4 Å². The molecule has 4 atom stereocenters. The Morgan fingerprint density at radius 2 is 1.72 bits per heavy atom. The number of carbonyl (C=O) groups excluding carboxylic acids is 2. The number of ether oxygens (including phenoxy) is 1. The molecular formula is C33H41N2O7P. The summed E-state index contributed by atoms with van der Waals surface area (Å²) in [5, 5.41) is 18.3. The van der Waals surface area contributed by atoms with Gasteiger partial charge in [0.2, 0.25) is 13.9 Å². The van der Waals surface area contributed by atoms with Crippen LogP contribution >= 0.6 is 8.03 Å². The predicted octanol–water partition coefficient (Wildman–Crippen LogP) is 4.85. The van der Waals surface area contributed by atoms with Crippen LogP contribution in [-0.4, -0.2) is 48.1 Å². The van der Waals surface area contributed by atoms with Crippen LogP contribution < -0.4 is 15.9 Å². The third-order valence-corrected chi connectivity index (χ3v) is 9.13. The van der Waals surface area contributed by atoms with Gasteiger partial charge in [0.15, 0.2) is 5.78 Å². The first-order valence-corrected chi connectivity index (χ1v) is 16.1. The fraction of sp³-hybridized carbons (Fsp3) is 0.424. The van der Waals surface area contributed by atoms with E-state index in [-0.39, 0.29) is 5.92 Å². The Kier molecular flexibility index (Phi) is 11.3. The molecule has 0 saturated carbocycles. The minimum Gasteiger partial charge on any atom is -0.481 e. The van der Waals surface area contributed by atoms with Gasteiger partial charge in [-0.2, -0.15) is 0 Å². The van der Waals surface area contributed by atoms with Crippen molar-refractivity contribution in [3.8, 4) is 0 Å². The average molecular weight is 609 g/mol. The van der Waals surface area contributed by atoms with Crippen LogP contribution in [0.2, 0.25) is 0 Å². The third-order valence-electron chi connectivity index (χ3n) is 7.72. The first-order valence-electron chi connectivity index (χ1n) is 14.8. The van der Waals surface area contributed by atoms with Crippen LogP contribution in [0.15, 0.2) is 66.7 Å². The Morgan fingerprint density at radius 3 is 2.42 bits per heavy atom. The first-order chi connectivity index (χ1) is 20.6. The predicted molar refractivity (Wildman–Crippen MR) is 167 cm³/mol. The molecule has 0 spiro atoms. The Labute approximate surface area is 253 Å². The van der Waals surface area contributed by atoms with Crippen LogP contribution in [0.25, 0.3) is 10.8 Å². The lowest BCUT2D eigenvalue weighted by atomic mass is 9.88. The maximum absolute atomic E-state index is 13.8. The number of hydrogen-bond donors (Lipinski definition) is 3. The van der Waals surface area contributed by atoms with Crippen LogP contribution in [0.4, 0.5) is 0 Å². The second-order valence-electron chi connectivity index (χ2n) is 11.5. The number of fused-ring (bicyclic) bond motifs is 1. The quantitative estimate of drug-likeness (QED) is 0.222.